The molecule has 0 bridgehead atoms. The van der Waals surface area contributed by atoms with Gasteiger partial charge in [-0.3, -0.25) is 9.45 Å². The summed E-state index contributed by atoms with van der Waals surface area (Å²) in [4.78, 5) is 7.08. The number of piperidine rings is 1. The maximum absolute atomic E-state index is 10.8. The van der Waals surface area contributed by atoms with Crippen LogP contribution < -0.4 is 4.72 Å². The summed E-state index contributed by atoms with van der Waals surface area (Å²) in [7, 11) is 0. The van der Waals surface area contributed by atoms with Crippen molar-refractivity contribution in [3.05, 3.63) is 89.5 Å². The number of nitrogens with zero attached hydrogens (tertiary/aromatic N) is 3. The second-order valence-electron chi connectivity index (χ2n) is 7.89. The lowest BCUT2D eigenvalue weighted by Gasteiger charge is -2.31. The van der Waals surface area contributed by atoms with E-state index in [1.54, 1.807) is 0 Å². The highest BCUT2D eigenvalue weighted by Crippen LogP contribution is 2.29. The number of imidazole rings is 1. The summed E-state index contributed by atoms with van der Waals surface area (Å²) in [6.45, 7) is 4.26. The second kappa shape index (κ2) is 10.1. The van der Waals surface area contributed by atoms with Crippen LogP contribution in [0, 0.1) is 0 Å². The maximum Gasteiger partial charge on any atom is 0.232 e. The first-order chi connectivity index (χ1) is 14.7. The first-order valence-electron chi connectivity index (χ1n) is 10.4. The monoisotopic (exact) mass is 424 g/mol. The topological polar surface area (TPSA) is 70.4 Å². The summed E-state index contributed by atoms with van der Waals surface area (Å²) >= 11 is -1.98. The van der Waals surface area contributed by atoms with E-state index in [4.69, 9.17) is 4.55 Å². The molecule has 30 heavy (non-hydrogen) atoms. The van der Waals surface area contributed by atoms with Crippen molar-refractivity contribution in [1.82, 2.24) is 19.2 Å². The summed E-state index contributed by atoms with van der Waals surface area (Å²) < 4.78 is 24.4. The third-order valence-corrected chi connectivity index (χ3v) is 6.08. The number of aromatic nitrogens is 2. The van der Waals surface area contributed by atoms with Gasteiger partial charge in [-0.25, -0.2) is 13.9 Å². The first kappa shape index (κ1) is 20.9. The van der Waals surface area contributed by atoms with Gasteiger partial charge in [0.15, 0.2) is 0 Å². The van der Waals surface area contributed by atoms with Crippen LogP contribution in [0.15, 0.2) is 67.1 Å². The molecule has 1 unspecified atom stereocenters. The van der Waals surface area contributed by atoms with Gasteiger partial charge in [0.1, 0.15) is 0 Å². The van der Waals surface area contributed by atoms with Gasteiger partial charge in [0.25, 0.3) is 0 Å². The molecule has 0 saturated carbocycles. The molecule has 158 valence electrons. The van der Waals surface area contributed by atoms with Crippen molar-refractivity contribution in [3.63, 3.8) is 0 Å². The molecule has 4 rings (SSSR count). The molecule has 0 spiro atoms. The lowest BCUT2D eigenvalue weighted by molar-refractivity contribution is 0.202. The molecule has 1 fully saturated rings. The van der Waals surface area contributed by atoms with Gasteiger partial charge in [0.2, 0.25) is 11.3 Å². The summed E-state index contributed by atoms with van der Waals surface area (Å²) in [5.74, 6) is 0.538. The Balaban J connectivity index is 1.28. The zero-order valence-electron chi connectivity index (χ0n) is 17.0. The Bertz CT molecular complexity index is 968. The van der Waals surface area contributed by atoms with Crippen molar-refractivity contribution < 1.29 is 8.76 Å². The third-order valence-electron chi connectivity index (χ3n) is 5.69. The van der Waals surface area contributed by atoms with Crippen LogP contribution in [-0.2, 0) is 30.9 Å². The Morgan fingerprint density at radius 3 is 2.57 bits per heavy atom. The van der Waals surface area contributed by atoms with Gasteiger partial charge in [-0.2, -0.15) is 0 Å². The molecular formula is C23H28N4O2S. The molecule has 1 aliphatic heterocycles. The molecular weight excluding hydrogens is 396 g/mol. The van der Waals surface area contributed by atoms with E-state index in [2.05, 4.69) is 61.8 Å². The van der Waals surface area contributed by atoms with E-state index in [1.165, 1.54) is 11.1 Å². The van der Waals surface area contributed by atoms with E-state index in [0.717, 1.165) is 50.3 Å². The molecule has 1 aromatic heterocycles. The highest BCUT2D eigenvalue weighted by Gasteiger charge is 2.21. The van der Waals surface area contributed by atoms with Crippen molar-refractivity contribution in [2.45, 2.75) is 38.4 Å². The Morgan fingerprint density at radius 2 is 1.80 bits per heavy atom. The second-order valence-corrected chi connectivity index (χ2v) is 8.68. The lowest BCUT2D eigenvalue weighted by atomic mass is 9.88. The van der Waals surface area contributed by atoms with Gasteiger partial charge in [-0.15, -0.1) is 0 Å². The van der Waals surface area contributed by atoms with Crippen LogP contribution in [0.3, 0.4) is 0 Å². The van der Waals surface area contributed by atoms with E-state index in [9.17, 15) is 4.21 Å². The number of benzene rings is 2. The minimum Gasteiger partial charge on any atom is -0.333 e. The van der Waals surface area contributed by atoms with Gasteiger partial charge in [0, 0.05) is 25.8 Å². The fourth-order valence-electron chi connectivity index (χ4n) is 4.12. The van der Waals surface area contributed by atoms with E-state index in [0.29, 0.717) is 12.5 Å². The molecule has 3 aromatic rings. The van der Waals surface area contributed by atoms with Crippen molar-refractivity contribution in [2.75, 3.05) is 13.1 Å². The maximum atomic E-state index is 10.8. The smallest absolute Gasteiger partial charge is 0.232 e. The zero-order chi connectivity index (χ0) is 20.8. The van der Waals surface area contributed by atoms with E-state index < -0.39 is 11.3 Å². The first-order valence-corrected chi connectivity index (χ1v) is 11.5. The van der Waals surface area contributed by atoms with Crippen molar-refractivity contribution >= 4 is 11.3 Å². The predicted octanol–water partition coefficient (Wildman–Crippen LogP) is 3.54. The molecule has 2 aromatic carbocycles. The standard InChI is InChI=1S/C23H28N4O2S/c28-30(29)25-14-20-7-4-8-22(13-20)21-9-11-26(12-10-21)16-23-17-27(18-24-23)15-19-5-2-1-3-6-19/h1-8,13,17-18,21,25H,9-12,14-16H2,(H,28,29). The fourth-order valence-corrected chi connectivity index (χ4v) is 4.41. The van der Waals surface area contributed by atoms with Gasteiger partial charge in [-0.05, 0) is 48.5 Å². The molecule has 2 heterocycles. The average Bonchev–Trinajstić information content (AvgIpc) is 3.20. The van der Waals surface area contributed by atoms with Gasteiger partial charge in [0.05, 0.1) is 12.0 Å². The lowest BCUT2D eigenvalue weighted by Crippen LogP contribution is -2.32. The SMILES string of the molecule is O=S(O)NCc1cccc(C2CCN(Cc3cn(Cc4ccccc4)cn3)CC2)c1. The van der Waals surface area contributed by atoms with Crippen molar-refractivity contribution in [1.29, 1.82) is 0 Å². The van der Waals surface area contributed by atoms with Crippen molar-refractivity contribution in [2.24, 2.45) is 0 Å². The Kier molecular flexibility index (Phi) is 7.07. The normalized spacial score (nSPS) is 16.6. The number of likely N-dealkylation sites (tertiary alicyclic amines) is 1. The molecule has 1 atom stereocenters. The minimum absolute atomic E-state index is 0.404. The van der Waals surface area contributed by atoms with Gasteiger partial charge >= 0.3 is 0 Å². The number of nitrogens with one attached hydrogen (secondary N) is 1. The van der Waals surface area contributed by atoms with E-state index >= 15 is 0 Å². The van der Waals surface area contributed by atoms with Crippen LogP contribution >= 0.6 is 0 Å². The number of hydrogen-bond donors (Lipinski definition) is 2. The van der Waals surface area contributed by atoms with E-state index in [1.807, 2.05) is 24.5 Å². The highest BCUT2D eigenvalue weighted by molar-refractivity contribution is 7.77. The van der Waals surface area contributed by atoms with Crippen LogP contribution in [0.2, 0.25) is 0 Å². The molecule has 0 radical (unpaired) electrons. The van der Waals surface area contributed by atoms with E-state index in [-0.39, 0.29) is 0 Å². The molecule has 7 heteroatoms. The molecule has 1 saturated heterocycles. The summed E-state index contributed by atoms with van der Waals surface area (Å²) in [5, 5.41) is 0. The average molecular weight is 425 g/mol. The molecule has 0 amide bonds. The van der Waals surface area contributed by atoms with Crippen molar-refractivity contribution in [3.8, 4) is 0 Å². The highest BCUT2D eigenvalue weighted by atomic mass is 32.2. The molecule has 6 nitrogen and oxygen atoms in total. The minimum atomic E-state index is -1.98. The number of rotatable bonds is 8. The predicted molar refractivity (Wildman–Crippen MR) is 119 cm³/mol. The summed E-state index contributed by atoms with van der Waals surface area (Å²) in [6, 6.07) is 18.8. The molecule has 1 aliphatic rings. The summed E-state index contributed by atoms with van der Waals surface area (Å²) in [5.41, 5.74) is 4.77. The molecule has 0 aliphatic carbocycles. The van der Waals surface area contributed by atoms with Crippen LogP contribution in [0.1, 0.15) is 41.1 Å². The van der Waals surface area contributed by atoms with Crippen LogP contribution in [0.5, 0.6) is 0 Å². The van der Waals surface area contributed by atoms with Gasteiger partial charge in [-0.1, -0.05) is 54.6 Å². The van der Waals surface area contributed by atoms with Crippen LogP contribution in [-0.4, -0.2) is 36.3 Å². The number of hydrogen-bond acceptors (Lipinski definition) is 3. The Hall–Kier alpha value is -2.32. The van der Waals surface area contributed by atoms with Crippen LogP contribution in [0.25, 0.3) is 0 Å². The van der Waals surface area contributed by atoms with Gasteiger partial charge < -0.3 is 4.57 Å². The summed E-state index contributed by atoms with van der Waals surface area (Å²) in [6.07, 6.45) is 6.32. The fraction of sp³-hybridized carbons (Fsp3) is 0.348. The quantitative estimate of drug-likeness (QED) is 0.543. The molecule has 2 N–H and O–H groups in total. The third kappa shape index (κ3) is 5.86. The Labute approximate surface area is 180 Å². The van der Waals surface area contributed by atoms with Crippen LogP contribution in [0.4, 0.5) is 0 Å². The largest absolute Gasteiger partial charge is 0.333 e. The zero-order valence-corrected chi connectivity index (χ0v) is 17.8. The Morgan fingerprint density at radius 1 is 1.03 bits per heavy atom.